The van der Waals surface area contributed by atoms with Gasteiger partial charge in [0.2, 0.25) is 5.52 Å². The summed E-state index contributed by atoms with van der Waals surface area (Å²) in [5, 5.41) is 1.26. The highest BCUT2D eigenvalue weighted by Gasteiger charge is 2.14. The predicted molar refractivity (Wildman–Crippen MR) is 97.4 cm³/mol. The molecule has 0 N–H and O–H groups in total. The summed E-state index contributed by atoms with van der Waals surface area (Å²) in [5.41, 5.74) is 5.04. The zero-order valence-electron chi connectivity index (χ0n) is 13.9. The molecule has 0 aliphatic heterocycles. The van der Waals surface area contributed by atoms with Crippen LogP contribution in [0.1, 0.15) is 16.1 Å². The zero-order chi connectivity index (χ0) is 15.7. The number of aryl methyl sites for hydroxylation is 2. The SMILES string of the molecule is Cc1ccc2sc(/C=C/c3ccc(N(C)C)cc3)[n+](C)c2c1.[I-]. The number of thiazole rings is 1. The summed E-state index contributed by atoms with van der Waals surface area (Å²) in [7, 11) is 6.25. The molecule has 3 aromatic rings. The van der Waals surface area contributed by atoms with Gasteiger partial charge in [0.15, 0.2) is 0 Å². The van der Waals surface area contributed by atoms with Crippen molar-refractivity contribution in [2.45, 2.75) is 6.92 Å². The minimum atomic E-state index is 0. The van der Waals surface area contributed by atoms with Gasteiger partial charge in [0.05, 0.1) is 0 Å². The predicted octanol–water partition coefficient (Wildman–Crippen LogP) is 1.27. The molecule has 4 heteroatoms. The Hall–Kier alpha value is -1.40. The van der Waals surface area contributed by atoms with E-state index < -0.39 is 0 Å². The maximum Gasteiger partial charge on any atom is 0.262 e. The Morgan fingerprint density at radius 1 is 1.00 bits per heavy atom. The first kappa shape index (κ1) is 17.9. The van der Waals surface area contributed by atoms with Crippen molar-refractivity contribution >= 4 is 39.4 Å². The average Bonchev–Trinajstić information content (AvgIpc) is 2.82. The van der Waals surface area contributed by atoms with Crippen LogP contribution in [-0.2, 0) is 7.05 Å². The second kappa shape index (κ2) is 7.45. The maximum absolute atomic E-state index is 2.26. The molecule has 0 aliphatic rings. The number of halogens is 1. The first-order chi connectivity index (χ1) is 10.5. The summed E-state index contributed by atoms with van der Waals surface area (Å²) in [6, 6.07) is 15.2. The van der Waals surface area contributed by atoms with Crippen LogP contribution in [0.4, 0.5) is 5.69 Å². The lowest BCUT2D eigenvalue weighted by Gasteiger charge is -2.11. The average molecular weight is 436 g/mol. The van der Waals surface area contributed by atoms with Gasteiger partial charge in [-0.3, -0.25) is 0 Å². The van der Waals surface area contributed by atoms with Gasteiger partial charge in [0.1, 0.15) is 11.7 Å². The van der Waals surface area contributed by atoms with Crippen molar-refractivity contribution in [2.24, 2.45) is 7.05 Å². The van der Waals surface area contributed by atoms with Gasteiger partial charge in [0.25, 0.3) is 5.01 Å². The Morgan fingerprint density at radius 3 is 2.35 bits per heavy atom. The minimum absolute atomic E-state index is 0. The van der Waals surface area contributed by atoms with Gasteiger partial charge >= 0.3 is 0 Å². The van der Waals surface area contributed by atoms with Crippen LogP contribution in [-0.4, -0.2) is 14.1 Å². The van der Waals surface area contributed by atoms with Gasteiger partial charge < -0.3 is 28.9 Å². The van der Waals surface area contributed by atoms with E-state index in [1.165, 1.54) is 32.0 Å². The fourth-order valence-electron chi connectivity index (χ4n) is 2.47. The maximum atomic E-state index is 2.26. The summed E-state index contributed by atoms with van der Waals surface area (Å²) in [4.78, 5) is 2.11. The first-order valence-corrected chi connectivity index (χ1v) is 8.21. The van der Waals surface area contributed by atoms with E-state index in [2.05, 4.69) is 92.2 Å². The highest BCUT2D eigenvalue weighted by molar-refractivity contribution is 7.18. The lowest BCUT2D eigenvalue weighted by Crippen LogP contribution is -3.00. The lowest BCUT2D eigenvalue weighted by molar-refractivity contribution is -0.642. The molecule has 0 fully saturated rings. The second-order valence-corrected chi connectivity index (χ2v) is 6.85. The molecule has 0 aliphatic carbocycles. The third-order valence-electron chi connectivity index (χ3n) is 3.85. The highest BCUT2D eigenvalue weighted by atomic mass is 127. The van der Waals surface area contributed by atoms with Crippen molar-refractivity contribution in [3.05, 3.63) is 58.6 Å². The summed E-state index contributed by atoms with van der Waals surface area (Å²) in [6.07, 6.45) is 4.38. The van der Waals surface area contributed by atoms with Crippen LogP contribution in [0.15, 0.2) is 42.5 Å². The Bertz CT molecular complexity index is 832. The van der Waals surface area contributed by atoms with Crippen molar-refractivity contribution in [1.82, 2.24) is 0 Å². The third-order valence-corrected chi connectivity index (χ3v) is 5.03. The van der Waals surface area contributed by atoms with Crippen molar-refractivity contribution in [3.63, 3.8) is 0 Å². The quantitative estimate of drug-likeness (QED) is 0.443. The van der Waals surface area contributed by atoms with Gasteiger partial charge in [0, 0.05) is 31.9 Å². The van der Waals surface area contributed by atoms with Gasteiger partial charge in [-0.2, -0.15) is 4.57 Å². The molecule has 0 unspecified atom stereocenters. The van der Waals surface area contributed by atoms with Gasteiger partial charge in [-0.1, -0.05) is 29.5 Å². The van der Waals surface area contributed by atoms with Crippen LogP contribution < -0.4 is 33.4 Å². The van der Waals surface area contributed by atoms with E-state index in [0.717, 1.165) is 0 Å². The molecule has 0 saturated carbocycles. The molecular weight excluding hydrogens is 415 g/mol. The number of rotatable bonds is 3. The van der Waals surface area contributed by atoms with E-state index in [9.17, 15) is 0 Å². The number of fused-ring (bicyclic) bond motifs is 1. The van der Waals surface area contributed by atoms with Crippen molar-refractivity contribution in [3.8, 4) is 0 Å². The molecule has 0 saturated heterocycles. The van der Waals surface area contributed by atoms with Crippen LogP contribution in [0.2, 0.25) is 0 Å². The van der Waals surface area contributed by atoms with Crippen LogP contribution in [0.25, 0.3) is 22.4 Å². The Labute approximate surface area is 159 Å². The summed E-state index contributed by atoms with van der Waals surface area (Å²) >= 11 is 1.83. The standard InChI is InChI=1S/C19H21N2S.HI/c1-14-5-11-18-17(13-14)21(4)19(22-18)12-8-15-6-9-16(10-7-15)20(2)3;/h5-13H,1-4H3;1H/q+1;/p-1. The first-order valence-electron chi connectivity index (χ1n) is 7.39. The van der Waals surface area contributed by atoms with E-state index >= 15 is 0 Å². The Balaban J connectivity index is 0.00000192. The Morgan fingerprint density at radius 2 is 1.70 bits per heavy atom. The molecule has 0 spiro atoms. The molecule has 2 aromatic carbocycles. The number of aromatic nitrogens is 1. The number of hydrogen-bond donors (Lipinski definition) is 0. The summed E-state index contributed by atoms with van der Waals surface area (Å²) in [5.74, 6) is 0. The van der Waals surface area contributed by atoms with Crippen molar-refractivity contribution in [2.75, 3.05) is 19.0 Å². The fourth-order valence-corrected chi connectivity index (χ4v) is 3.51. The minimum Gasteiger partial charge on any atom is -1.00 e. The van der Waals surface area contributed by atoms with E-state index in [1.807, 2.05) is 11.3 Å². The summed E-state index contributed by atoms with van der Waals surface area (Å²) < 4.78 is 3.59. The topological polar surface area (TPSA) is 7.12 Å². The van der Waals surface area contributed by atoms with E-state index in [4.69, 9.17) is 0 Å². The number of benzene rings is 2. The van der Waals surface area contributed by atoms with Crippen LogP contribution in [0, 0.1) is 6.92 Å². The van der Waals surface area contributed by atoms with Crippen molar-refractivity contribution < 1.29 is 28.5 Å². The second-order valence-electron chi connectivity index (χ2n) is 5.79. The monoisotopic (exact) mass is 436 g/mol. The van der Waals surface area contributed by atoms with Crippen LogP contribution >= 0.6 is 11.3 Å². The van der Waals surface area contributed by atoms with Gasteiger partial charge in [-0.15, -0.1) is 0 Å². The Kier molecular flexibility index (Phi) is 5.81. The number of anilines is 1. The molecule has 0 bridgehead atoms. The molecule has 1 aromatic heterocycles. The highest BCUT2D eigenvalue weighted by Crippen LogP contribution is 2.23. The summed E-state index contributed by atoms with van der Waals surface area (Å²) in [6.45, 7) is 2.14. The van der Waals surface area contributed by atoms with E-state index in [-0.39, 0.29) is 24.0 Å². The molecule has 0 atom stereocenters. The largest absolute Gasteiger partial charge is 1.00 e. The van der Waals surface area contributed by atoms with Gasteiger partial charge in [-0.05, 0) is 42.3 Å². The van der Waals surface area contributed by atoms with E-state index in [1.54, 1.807) is 0 Å². The third kappa shape index (κ3) is 3.93. The van der Waals surface area contributed by atoms with Crippen LogP contribution in [0.3, 0.4) is 0 Å². The smallest absolute Gasteiger partial charge is 0.262 e. The molecule has 0 radical (unpaired) electrons. The molecule has 3 rings (SSSR count). The van der Waals surface area contributed by atoms with Crippen molar-refractivity contribution in [1.29, 1.82) is 0 Å². The van der Waals surface area contributed by atoms with Crippen LogP contribution in [0.5, 0.6) is 0 Å². The number of nitrogens with zero attached hydrogens (tertiary/aromatic N) is 2. The van der Waals surface area contributed by atoms with E-state index in [0.29, 0.717) is 0 Å². The normalized spacial score (nSPS) is 11.0. The number of hydrogen-bond acceptors (Lipinski definition) is 2. The molecular formula is C19H21IN2S. The molecule has 2 nitrogen and oxygen atoms in total. The molecule has 23 heavy (non-hydrogen) atoms. The zero-order valence-corrected chi connectivity index (χ0v) is 16.9. The lowest BCUT2D eigenvalue weighted by atomic mass is 10.2. The molecule has 120 valence electrons. The van der Waals surface area contributed by atoms with Gasteiger partial charge in [-0.25, -0.2) is 0 Å². The molecule has 1 heterocycles. The molecule has 0 amide bonds. The fraction of sp³-hybridized carbons (Fsp3) is 0.211.